The van der Waals surface area contributed by atoms with Crippen molar-refractivity contribution in [1.29, 1.82) is 0 Å². The highest BCUT2D eigenvalue weighted by Gasteiger charge is 2.26. The summed E-state index contributed by atoms with van der Waals surface area (Å²) in [4.78, 5) is 22.4. The summed E-state index contributed by atoms with van der Waals surface area (Å²) in [6.45, 7) is 2.34. The molecule has 0 aromatic rings. The van der Waals surface area contributed by atoms with Gasteiger partial charge >= 0.3 is 12.0 Å². The topological polar surface area (TPSA) is 87.7 Å². The van der Waals surface area contributed by atoms with Crippen LogP contribution >= 0.6 is 0 Å². The maximum atomic E-state index is 11.6. The molecule has 0 unspecified atom stereocenters. The van der Waals surface area contributed by atoms with Crippen LogP contribution in [0.1, 0.15) is 32.6 Å². The second-order valence-corrected chi connectivity index (χ2v) is 4.86. The second kappa shape index (κ2) is 7.20. The Kier molecular flexibility index (Phi) is 5.91. The molecule has 18 heavy (non-hydrogen) atoms. The van der Waals surface area contributed by atoms with Crippen molar-refractivity contribution >= 4 is 12.0 Å². The number of aliphatic carboxylic acids is 1. The number of nitrogens with one attached hydrogen (secondary N) is 2. The van der Waals surface area contributed by atoms with E-state index in [1.807, 2.05) is 6.92 Å². The number of urea groups is 1. The predicted octanol–water partition coefficient (Wildman–Crippen LogP) is 0.964. The first-order valence-corrected chi connectivity index (χ1v) is 6.31. The van der Waals surface area contributed by atoms with Gasteiger partial charge in [0, 0.05) is 13.2 Å². The fourth-order valence-corrected chi connectivity index (χ4v) is 2.23. The van der Waals surface area contributed by atoms with E-state index in [9.17, 15) is 9.59 Å². The summed E-state index contributed by atoms with van der Waals surface area (Å²) in [5, 5.41) is 14.5. The largest absolute Gasteiger partial charge is 0.481 e. The number of carbonyl (C=O) groups excluding carboxylic acids is 1. The molecule has 0 radical (unpaired) electrons. The quantitative estimate of drug-likeness (QED) is 0.685. The summed E-state index contributed by atoms with van der Waals surface area (Å²) in [6, 6.07) is -0.168. The number of carbonyl (C=O) groups is 2. The highest BCUT2D eigenvalue weighted by atomic mass is 16.5. The van der Waals surface area contributed by atoms with Crippen molar-refractivity contribution in [2.75, 3.05) is 13.7 Å². The minimum absolute atomic E-state index is 0.0367. The van der Waals surface area contributed by atoms with Gasteiger partial charge in [0.2, 0.25) is 0 Å². The number of methoxy groups -OCH3 is 1. The van der Waals surface area contributed by atoms with E-state index in [4.69, 9.17) is 9.84 Å². The lowest BCUT2D eigenvalue weighted by molar-refractivity contribution is -0.142. The van der Waals surface area contributed by atoms with E-state index >= 15 is 0 Å². The van der Waals surface area contributed by atoms with E-state index in [-0.39, 0.29) is 24.0 Å². The molecule has 1 saturated carbocycles. The molecule has 6 heteroatoms. The van der Waals surface area contributed by atoms with Crippen molar-refractivity contribution in [2.45, 2.75) is 44.7 Å². The van der Waals surface area contributed by atoms with Crippen LogP contribution in [0.5, 0.6) is 0 Å². The molecule has 0 aromatic carbocycles. The van der Waals surface area contributed by atoms with E-state index in [1.165, 1.54) is 0 Å². The monoisotopic (exact) mass is 258 g/mol. The summed E-state index contributed by atoms with van der Waals surface area (Å²) in [5.74, 6) is -0.981. The average Bonchev–Trinajstić information content (AvgIpc) is 2.29. The van der Waals surface area contributed by atoms with Crippen LogP contribution in [0.25, 0.3) is 0 Å². The lowest BCUT2D eigenvalue weighted by Crippen LogP contribution is -2.47. The lowest BCUT2D eigenvalue weighted by Gasteiger charge is -2.27. The van der Waals surface area contributed by atoms with Gasteiger partial charge in [0.15, 0.2) is 0 Å². The Balaban J connectivity index is 2.24. The van der Waals surface area contributed by atoms with Crippen LogP contribution in [-0.2, 0) is 9.53 Å². The molecule has 3 N–H and O–H groups in total. The number of ether oxygens (including phenoxy) is 1. The highest BCUT2D eigenvalue weighted by molar-refractivity contribution is 5.74. The normalized spacial score (nSPS) is 25.2. The summed E-state index contributed by atoms with van der Waals surface area (Å²) in [7, 11) is 1.59. The third-order valence-electron chi connectivity index (χ3n) is 3.21. The fourth-order valence-electron chi connectivity index (χ4n) is 2.23. The van der Waals surface area contributed by atoms with Crippen molar-refractivity contribution in [2.24, 2.45) is 5.92 Å². The maximum Gasteiger partial charge on any atom is 0.315 e. The molecular weight excluding hydrogens is 236 g/mol. The smallest absolute Gasteiger partial charge is 0.315 e. The summed E-state index contributed by atoms with van der Waals surface area (Å²) < 4.78 is 4.93. The molecule has 0 bridgehead atoms. The van der Waals surface area contributed by atoms with Crippen molar-refractivity contribution in [3.8, 4) is 0 Å². The first kappa shape index (κ1) is 14.8. The molecule has 104 valence electrons. The van der Waals surface area contributed by atoms with Gasteiger partial charge < -0.3 is 20.5 Å². The van der Waals surface area contributed by atoms with Crippen LogP contribution in [-0.4, -0.2) is 42.9 Å². The number of amides is 2. The number of rotatable bonds is 5. The summed E-state index contributed by atoms with van der Waals surface area (Å²) in [6.07, 6.45) is 2.72. The number of carboxylic acid groups (broad SMARTS) is 1. The molecule has 6 nitrogen and oxygen atoms in total. The first-order chi connectivity index (χ1) is 8.52. The van der Waals surface area contributed by atoms with Crippen LogP contribution in [0.4, 0.5) is 4.79 Å². The Hall–Kier alpha value is -1.30. The Morgan fingerprint density at radius 3 is 2.44 bits per heavy atom. The van der Waals surface area contributed by atoms with Gasteiger partial charge in [-0.25, -0.2) is 4.79 Å². The zero-order valence-electron chi connectivity index (χ0n) is 10.9. The third kappa shape index (κ3) is 4.91. The van der Waals surface area contributed by atoms with E-state index in [0.717, 1.165) is 12.8 Å². The van der Waals surface area contributed by atoms with E-state index in [0.29, 0.717) is 19.4 Å². The van der Waals surface area contributed by atoms with Gasteiger partial charge in [-0.05, 0) is 32.6 Å². The van der Waals surface area contributed by atoms with Gasteiger partial charge in [-0.3, -0.25) is 4.79 Å². The summed E-state index contributed by atoms with van der Waals surface area (Å²) >= 11 is 0. The molecule has 0 saturated heterocycles. The third-order valence-corrected chi connectivity index (χ3v) is 3.21. The Labute approximate surface area is 107 Å². The molecule has 1 rings (SSSR count). The zero-order chi connectivity index (χ0) is 13.5. The second-order valence-electron chi connectivity index (χ2n) is 4.86. The molecule has 0 aromatic heterocycles. The van der Waals surface area contributed by atoms with Gasteiger partial charge in [0.05, 0.1) is 18.6 Å². The molecule has 0 aliphatic heterocycles. The molecule has 1 aliphatic carbocycles. The van der Waals surface area contributed by atoms with Crippen molar-refractivity contribution in [1.82, 2.24) is 10.6 Å². The van der Waals surface area contributed by atoms with E-state index in [2.05, 4.69) is 10.6 Å². The van der Waals surface area contributed by atoms with Crippen LogP contribution in [0, 0.1) is 5.92 Å². The number of hydrogen-bond acceptors (Lipinski definition) is 3. The van der Waals surface area contributed by atoms with Gasteiger partial charge in [0.1, 0.15) is 0 Å². The molecule has 2 amide bonds. The summed E-state index contributed by atoms with van der Waals surface area (Å²) in [5.41, 5.74) is 0. The zero-order valence-corrected chi connectivity index (χ0v) is 10.9. The maximum absolute atomic E-state index is 11.6. The Morgan fingerprint density at radius 2 is 1.94 bits per heavy atom. The minimum Gasteiger partial charge on any atom is -0.481 e. The van der Waals surface area contributed by atoms with Gasteiger partial charge in [-0.2, -0.15) is 0 Å². The van der Waals surface area contributed by atoms with Crippen LogP contribution < -0.4 is 10.6 Å². The number of carboxylic acids is 1. The average molecular weight is 258 g/mol. The Bertz CT molecular complexity index is 288. The SMILES string of the molecule is COC[C@@H](C)NC(=O)NC1CCC(C(=O)O)CC1. The highest BCUT2D eigenvalue weighted by Crippen LogP contribution is 2.24. The molecule has 1 aliphatic rings. The standard InChI is InChI=1S/C12H22N2O4/c1-8(7-18-2)13-12(17)14-10-5-3-9(4-6-10)11(15)16/h8-10H,3-7H2,1-2H3,(H,15,16)(H2,13,14,17)/t8-,9?,10?/m1/s1. The van der Waals surface area contributed by atoms with Gasteiger partial charge in [-0.1, -0.05) is 0 Å². The molecule has 0 heterocycles. The van der Waals surface area contributed by atoms with Crippen molar-refractivity contribution < 1.29 is 19.4 Å². The molecule has 0 spiro atoms. The van der Waals surface area contributed by atoms with E-state index in [1.54, 1.807) is 7.11 Å². The number of hydrogen-bond donors (Lipinski definition) is 3. The molecular formula is C12H22N2O4. The molecule has 1 fully saturated rings. The van der Waals surface area contributed by atoms with Gasteiger partial charge in [-0.15, -0.1) is 0 Å². The van der Waals surface area contributed by atoms with Crippen LogP contribution in [0.3, 0.4) is 0 Å². The van der Waals surface area contributed by atoms with Crippen molar-refractivity contribution in [3.05, 3.63) is 0 Å². The molecule has 1 atom stereocenters. The van der Waals surface area contributed by atoms with Crippen molar-refractivity contribution in [3.63, 3.8) is 0 Å². The van der Waals surface area contributed by atoms with E-state index < -0.39 is 5.97 Å². The minimum atomic E-state index is -0.730. The lowest BCUT2D eigenvalue weighted by atomic mass is 9.86. The Morgan fingerprint density at radius 1 is 1.33 bits per heavy atom. The first-order valence-electron chi connectivity index (χ1n) is 6.31. The van der Waals surface area contributed by atoms with Gasteiger partial charge in [0.25, 0.3) is 0 Å². The predicted molar refractivity (Wildman–Crippen MR) is 66.4 cm³/mol. The van der Waals surface area contributed by atoms with Crippen LogP contribution in [0.15, 0.2) is 0 Å². The fraction of sp³-hybridized carbons (Fsp3) is 0.833. The van der Waals surface area contributed by atoms with Crippen LogP contribution in [0.2, 0.25) is 0 Å².